The molecule has 0 aliphatic carbocycles. The van der Waals surface area contributed by atoms with Gasteiger partial charge in [0.1, 0.15) is 0 Å². The number of nitrogens with zero attached hydrogens (tertiary/aromatic N) is 1. The normalized spacial score (nSPS) is 42.7. The van der Waals surface area contributed by atoms with Crippen LogP contribution >= 0.6 is 11.8 Å². The molecule has 90 valence electrons. The van der Waals surface area contributed by atoms with Gasteiger partial charge in [0.05, 0.1) is 5.25 Å². The highest BCUT2D eigenvalue weighted by atomic mass is 32.2. The van der Waals surface area contributed by atoms with E-state index >= 15 is 0 Å². The van der Waals surface area contributed by atoms with E-state index in [-0.39, 0.29) is 5.25 Å². The SMILES string of the molecule is CC1C2CNCC2CN1C(=O)C1CCCS1. The van der Waals surface area contributed by atoms with Gasteiger partial charge in [-0.05, 0) is 37.4 Å². The highest BCUT2D eigenvalue weighted by molar-refractivity contribution is 8.00. The molecule has 16 heavy (non-hydrogen) atoms. The van der Waals surface area contributed by atoms with Crippen molar-refractivity contribution in [1.29, 1.82) is 0 Å². The molecular formula is C12H20N2OS. The third-order valence-corrected chi connectivity index (χ3v) is 5.79. The molecule has 0 aromatic heterocycles. The zero-order valence-electron chi connectivity index (χ0n) is 9.82. The van der Waals surface area contributed by atoms with Crippen LogP contribution in [-0.4, -0.2) is 47.5 Å². The second-order valence-corrected chi connectivity index (χ2v) is 6.63. The average Bonchev–Trinajstić information content (AvgIpc) is 2.95. The molecule has 1 amide bonds. The molecule has 4 heteroatoms. The molecule has 3 heterocycles. The first-order chi connectivity index (χ1) is 7.77. The van der Waals surface area contributed by atoms with Crippen LogP contribution in [0.5, 0.6) is 0 Å². The van der Waals surface area contributed by atoms with Gasteiger partial charge in [-0.3, -0.25) is 4.79 Å². The fraction of sp³-hybridized carbons (Fsp3) is 0.917. The Morgan fingerprint density at radius 1 is 1.44 bits per heavy atom. The Bertz CT molecular complexity index is 291. The molecule has 0 spiro atoms. The minimum atomic E-state index is 0.272. The topological polar surface area (TPSA) is 32.3 Å². The van der Waals surface area contributed by atoms with Crippen molar-refractivity contribution in [3.8, 4) is 0 Å². The summed E-state index contributed by atoms with van der Waals surface area (Å²) in [5.74, 6) is 3.01. The molecular weight excluding hydrogens is 220 g/mol. The van der Waals surface area contributed by atoms with E-state index in [1.54, 1.807) is 0 Å². The van der Waals surface area contributed by atoms with Crippen LogP contribution in [0.15, 0.2) is 0 Å². The Morgan fingerprint density at radius 3 is 3.00 bits per heavy atom. The van der Waals surface area contributed by atoms with E-state index in [4.69, 9.17) is 0 Å². The van der Waals surface area contributed by atoms with Crippen LogP contribution in [-0.2, 0) is 4.79 Å². The summed E-state index contributed by atoms with van der Waals surface area (Å²) in [5, 5.41) is 3.71. The van der Waals surface area contributed by atoms with E-state index in [2.05, 4.69) is 17.1 Å². The highest BCUT2D eigenvalue weighted by Crippen LogP contribution is 2.35. The number of carbonyl (C=O) groups is 1. The zero-order chi connectivity index (χ0) is 11.1. The van der Waals surface area contributed by atoms with Gasteiger partial charge < -0.3 is 10.2 Å². The minimum absolute atomic E-state index is 0.272. The average molecular weight is 240 g/mol. The lowest BCUT2D eigenvalue weighted by atomic mass is 9.95. The van der Waals surface area contributed by atoms with Gasteiger partial charge in [-0.1, -0.05) is 0 Å². The predicted molar refractivity (Wildman–Crippen MR) is 66.5 cm³/mol. The van der Waals surface area contributed by atoms with Gasteiger partial charge in [0.2, 0.25) is 5.91 Å². The summed E-state index contributed by atoms with van der Waals surface area (Å²) >= 11 is 1.86. The van der Waals surface area contributed by atoms with Crippen LogP contribution in [0.3, 0.4) is 0 Å². The Hall–Kier alpha value is -0.220. The summed E-state index contributed by atoms with van der Waals surface area (Å²) < 4.78 is 0. The molecule has 3 nitrogen and oxygen atoms in total. The van der Waals surface area contributed by atoms with Crippen molar-refractivity contribution in [3.05, 3.63) is 0 Å². The Labute approximate surface area is 101 Å². The van der Waals surface area contributed by atoms with E-state index in [1.165, 1.54) is 12.2 Å². The summed E-state index contributed by atoms with van der Waals surface area (Å²) in [6.07, 6.45) is 2.32. The molecule has 3 aliphatic heterocycles. The first-order valence-electron chi connectivity index (χ1n) is 6.40. The Kier molecular flexibility index (Phi) is 2.88. The fourth-order valence-corrected chi connectivity index (χ4v) is 4.65. The summed E-state index contributed by atoms with van der Waals surface area (Å²) in [4.78, 5) is 14.5. The number of nitrogens with one attached hydrogen (secondary N) is 1. The van der Waals surface area contributed by atoms with Crippen LogP contribution in [0.25, 0.3) is 0 Å². The Balaban J connectivity index is 1.69. The van der Waals surface area contributed by atoms with Crippen molar-refractivity contribution in [3.63, 3.8) is 0 Å². The fourth-order valence-electron chi connectivity index (χ4n) is 3.42. The monoisotopic (exact) mass is 240 g/mol. The smallest absolute Gasteiger partial charge is 0.235 e. The summed E-state index contributed by atoms with van der Waals surface area (Å²) in [7, 11) is 0. The van der Waals surface area contributed by atoms with Gasteiger partial charge in [0.15, 0.2) is 0 Å². The van der Waals surface area contributed by atoms with Gasteiger partial charge in [-0.2, -0.15) is 0 Å². The number of hydrogen-bond acceptors (Lipinski definition) is 3. The van der Waals surface area contributed by atoms with Crippen molar-refractivity contribution in [1.82, 2.24) is 10.2 Å². The van der Waals surface area contributed by atoms with Crippen LogP contribution in [0.4, 0.5) is 0 Å². The number of rotatable bonds is 1. The molecule has 1 N–H and O–H groups in total. The second-order valence-electron chi connectivity index (χ2n) is 5.32. The maximum Gasteiger partial charge on any atom is 0.235 e. The summed E-state index contributed by atoms with van der Waals surface area (Å²) in [6.45, 7) is 5.44. The van der Waals surface area contributed by atoms with E-state index in [1.807, 2.05) is 11.8 Å². The number of hydrogen-bond donors (Lipinski definition) is 1. The lowest BCUT2D eigenvalue weighted by Gasteiger charge is -2.26. The van der Waals surface area contributed by atoms with Crippen LogP contribution in [0, 0.1) is 11.8 Å². The maximum absolute atomic E-state index is 12.4. The molecule has 0 aromatic carbocycles. The lowest BCUT2D eigenvalue weighted by molar-refractivity contribution is -0.131. The molecule has 4 unspecified atom stereocenters. The summed E-state index contributed by atoms with van der Waals surface area (Å²) in [5.41, 5.74) is 0. The first-order valence-corrected chi connectivity index (χ1v) is 7.45. The number of carbonyl (C=O) groups excluding carboxylic acids is 1. The first kappa shape index (κ1) is 10.9. The molecule has 0 saturated carbocycles. The van der Waals surface area contributed by atoms with Crippen molar-refractivity contribution >= 4 is 17.7 Å². The number of likely N-dealkylation sites (tertiary alicyclic amines) is 1. The number of thioether (sulfide) groups is 1. The van der Waals surface area contributed by atoms with Crippen LogP contribution in [0.1, 0.15) is 19.8 Å². The zero-order valence-corrected chi connectivity index (χ0v) is 10.6. The van der Waals surface area contributed by atoms with E-state index < -0.39 is 0 Å². The minimum Gasteiger partial charge on any atom is -0.338 e. The summed E-state index contributed by atoms with van der Waals surface area (Å²) in [6, 6.07) is 0.452. The third-order valence-electron chi connectivity index (χ3n) is 4.42. The van der Waals surface area contributed by atoms with Crippen molar-refractivity contribution < 1.29 is 4.79 Å². The molecule has 0 bridgehead atoms. The molecule has 0 aromatic rings. The van der Waals surface area contributed by atoms with Gasteiger partial charge >= 0.3 is 0 Å². The number of amides is 1. The molecule has 3 saturated heterocycles. The largest absolute Gasteiger partial charge is 0.338 e. The van der Waals surface area contributed by atoms with Crippen molar-refractivity contribution in [2.24, 2.45) is 11.8 Å². The predicted octanol–water partition coefficient (Wildman–Crippen LogP) is 0.948. The van der Waals surface area contributed by atoms with Gasteiger partial charge in [-0.15, -0.1) is 11.8 Å². The van der Waals surface area contributed by atoms with E-state index in [9.17, 15) is 4.79 Å². The molecule has 3 rings (SSSR count). The Morgan fingerprint density at radius 2 is 2.31 bits per heavy atom. The van der Waals surface area contributed by atoms with Crippen LogP contribution < -0.4 is 5.32 Å². The van der Waals surface area contributed by atoms with Crippen LogP contribution in [0.2, 0.25) is 0 Å². The van der Waals surface area contributed by atoms with Crippen molar-refractivity contribution in [2.45, 2.75) is 31.1 Å². The number of fused-ring (bicyclic) bond motifs is 1. The second kappa shape index (κ2) is 4.22. The highest BCUT2D eigenvalue weighted by Gasteiger charge is 2.45. The van der Waals surface area contributed by atoms with E-state index in [0.29, 0.717) is 23.8 Å². The quantitative estimate of drug-likeness (QED) is 0.740. The van der Waals surface area contributed by atoms with Gasteiger partial charge in [-0.25, -0.2) is 0 Å². The van der Waals surface area contributed by atoms with E-state index in [0.717, 1.165) is 26.1 Å². The molecule has 3 fully saturated rings. The standard InChI is InChI=1S/C12H20N2OS/c1-8-10-6-13-5-9(10)7-14(8)12(15)11-3-2-4-16-11/h8-11,13H,2-7H2,1H3. The molecule has 3 aliphatic rings. The van der Waals surface area contributed by atoms with Gasteiger partial charge in [0.25, 0.3) is 0 Å². The van der Waals surface area contributed by atoms with Gasteiger partial charge in [0, 0.05) is 25.7 Å². The maximum atomic E-state index is 12.4. The molecule has 0 radical (unpaired) electrons. The lowest BCUT2D eigenvalue weighted by Crippen LogP contribution is -2.42. The van der Waals surface area contributed by atoms with Crippen molar-refractivity contribution in [2.75, 3.05) is 25.4 Å². The third kappa shape index (κ3) is 1.66. The molecule has 4 atom stereocenters.